The number of rotatable bonds is 4. The van der Waals surface area contributed by atoms with Gasteiger partial charge in [-0.05, 0) is 98.5 Å². The highest BCUT2D eigenvalue weighted by molar-refractivity contribution is 5.80. The molecule has 8 atom stereocenters. The van der Waals surface area contributed by atoms with Crippen molar-refractivity contribution in [1.29, 1.82) is 0 Å². The molecule has 0 unspecified atom stereocenters. The number of carbonyl (C=O) groups is 2. The third kappa shape index (κ3) is 3.91. The van der Waals surface area contributed by atoms with Gasteiger partial charge < -0.3 is 10.1 Å². The summed E-state index contributed by atoms with van der Waals surface area (Å²) in [4.78, 5) is 25.0. The molecule has 1 amide bonds. The number of hydrogen-bond donors (Lipinski definition) is 1. The van der Waals surface area contributed by atoms with E-state index in [4.69, 9.17) is 4.74 Å². The molecule has 0 radical (unpaired) electrons. The Balaban J connectivity index is 1.31. The number of fused-ring (bicyclic) bond motifs is 5. The van der Waals surface area contributed by atoms with Gasteiger partial charge in [0.1, 0.15) is 6.10 Å². The molecule has 1 aromatic rings. The fraction of sp³-hybridized carbons (Fsp3) is 0.667. The van der Waals surface area contributed by atoms with Crippen molar-refractivity contribution in [3.63, 3.8) is 0 Å². The standard InChI is InChI=1S/C30H41NO3/c1-19(21-8-6-5-7-9-21)31-28(33)27-13-12-25-24-11-10-22-18-23(34-20(2)32)14-16-29(22,3)26(24)15-17-30(25,27)4/h5-9,18-19,23-27H,10-17H2,1-4H3,(H,31,33)/t19-,23-,24-,25-,26-,27+,29-,30-/m0/s1. The lowest BCUT2D eigenvalue weighted by atomic mass is 9.47. The third-order valence-corrected chi connectivity index (χ3v) is 10.4. The highest BCUT2D eigenvalue weighted by atomic mass is 16.5. The smallest absolute Gasteiger partial charge is 0.303 e. The summed E-state index contributed by atoms with van der Waals surface area (Å²) in [7, 11) is 0. The zero-order valence-electron chi connectivity index (χ0n) is 21.3. The summed E-state index contributed by atoms with van der Waals surface area (Å²) in [5.74, 6) is 2.23. The van der Waals surface area contributed by atoms with Crippen LogP contribution >= 0.6 is 0 Å². The average Bonchev–Trinajstić information content (AvgIpc) is 3.17. The third-order valence-electron chi connectivity index (χ3n) is 10.4. The van der Waals surface area contributed by atoms with Crippen molar-refractivity contribution in [1.82, 2.24) is 5.32 Å². The van der Waals surface area contributed by atoms with Gasteiger partial charge in [-0.15, -0.1) is 0 Å². The van der Waals surface area contributed by atoms with Crippen LogP contribution in [0.3, 0.4) is 0 Å². The van der Waals surface area contributed by atoms with Crippen molar-refractivity contribution >= 4 is 11.9 Å². The average molecular weight is 464 g/mol. The number of esters is 1. The summed E-state index contributed by atoms with van der Waals surface area (Å²) < 4.78 is 5.55. The Morgan fingerprint density at radius 1 is 1.00 bits per heavy atom. The van der Waals surface area contributed by atoms with Crippen LogP contribution in [0.1, 0.15) is 90.7 Å². The molecular formula is C30H41NO3. The molecule has 1 aromatic carbocycles. The number of benzene rings is 1. The molecule has 3 saturated carbocycles. The van der Waals surface area contributed by atoms with E-state index in [0.717, 1.165) is 32.1 Å². The van der Waals surface area contributed by atoms with Gasteiger partial charge >= 0.3 is 5.97 Å². The van der Waals surface area contributed by atoms with Gasteiger partial charge in [0.15, 0.2) is 0 Å². The van der Waals surface area contributed by atoms with Crippen LogP contribution in [0.5, 0.6) is 0 Å². The molecule has 0 aliphatic heterocycles. The minimum atomic E-state index is -0.176. The van der Waals surface area contributed by atoms with Crippen molar-refractivity contribution < 1.29 is 14.3 Å². The Labute approximate surface area is 204 Å². The van der Waals surface area contributed by atoms with E-state index in [2.05, 4.69) is 44.3 Å². The van der Waals surface area contributed by atoms with E-state index in [9.17, 15) is 9.59 Å². The summed E-state index contributed by atoms with van der Waals surface area (Å²) in [6.07, 6.45) is 11.2. The summed E-state index contributed by atoms with van der Waals surface area (Å²) in [6.45, 7) is 8.51. The normalized spacial score (nSPS) is 39.6. The lowest BCUT2D eigenvalue weighted by Gasteiger charge is -2.58. The fourth-order valence-corrected chi connectivity index (χ4v) is 8.57. The Hall–Kier alpha value is -2.10. The number of hydrogen-bond acceptors (Lipinski definition) is 3. The molecule has 0 spiro atoms. The second-order valence-corrected chi connectivity index (χ2v) is 12.0. The second-order valence-electron chi connectivity index (χ2n) is 12.0. The van der Waals surface area contributed by atoms with Crippen molar-refractivity contribution in [3.05, 3.63) is 47.5 Å². The van der Waals surface area contributed by atoms with Crippen LogP contribution in [0.2, 0.25) is 0 Å². The Bertz CT molecular complexity index is 971. The minimum Gasteiger partial charge on any atom is -0.458 e. The summed E-state index contributed by atoms with van der Waals surface area (Å²) >= 11 is 0. The van der Waals surface area contributed by atoms with Gasteiger partial charge in [0.2, 0.25) is 5.91 Å². The zero-order valence-corrected chi connectivity index (χ0v) is 21.3. The minimum absolute atomic E-state index is 0.0429. The molecule has 4 heteroatoms. The molecule has 5 rings (SSSR count). The van der Waals surface area contributed by atoms with Crippen LogP contribution in [0, 0.1) is 34.5 Å². The van der Waals surface area contributed by atoms with Gasteiger partial charge in [0, 0.05) is 12.8 Å². The van der Waals surface area contributed by atoms with Crippen molar-refractivity contribution in [2.45, 2.75) is 91.2 Å². The predicted octanol–water partition coefficient (Wildman–Crippen LogP) is 6.37. The topological polar surface area (TPSA) is 55.4 Å². The lowest BCUT2D eigenvalue weighted by Crippen LogP contribution is -2.52. The predicted molar refractivity (Wildman–Crippen MR) is 134 cm³/mol. The molecule has 0 heterocycles. The monoisotopic (exact) mass is 463 g/mol. The van der Waals surface area contributed by atoms with Crippen LogP contribution in [-0.4, -0.2) is 18.0 Å². The van der Waals surface area contributed by atoms with Gasteiger partial charge in [-0.1, -0.05) is 49.8 Å². The Morgan fingerprint density at radius 3 is 2.50 bits per heavy atom. The van der Waals surface area contributed by atoms with Gasteiger partial charge in [-0.3, -0.25) is 9.59 Å². The van der Waals surface area contributed by atoms with Crippen molar-refractivity contribution in [2.24, 2.45) is 34.5 Å². The van der Waals surface area contributed by atoms with Crippen LogP contribution < -0.4 is 5.32 Å². The molecule has 4 aliphatic rings. The maximum absolute atomic E-state index is 13.5. The number of allylic oxidation sites excluding steroid dienone is 1. The molecule has 0 saturated heterocycles. The molecule has 3 fully saturated rings. The first-order chi connectivity index (χ1) is 16.2. The quantitative estimate of drug-likeness (QED) is 0.417. The highest BCUT2D eigenvalue weighted by Crippen LogP contribution is 2.66. The SMILES string of the molecule is CC(=O)O[C@@H]1C=C2CC[C@H]3[C@@H]4CC[C@H](C(=O)N[C@@H](C)c5ccccc5)[C@@]4(C)CC[C@@H]3[C@@]2(C)CC1. The molecule has 184 valence electrons. The second kappa shape index (κ2) is 8.84. The van der Waals surface area contributed by atoms with E-state index in [1.54, 1.807) is 0 Å². The van der Waals surface area contributed by atoms with E-state index in [-0.39, 0.29) is 40.8 Å². The van der Waals surface area contributed by atoms with Gasteiger partial charge in [-0.25, -0.2) is 0 Å². The highest BCUT2D eigenvalue weighted by Gasteiger charge is 2.60. The molecule has 1 N–H and O–H groups in total. The largest absolute Gasteiger partial charge is 0.458 e. The first kappa shape index (κ1) is 23.6. The summed E-state index contributed by atoms with van der Waals surface area (Å²) in [5, 5.41) is 3.35. The molecule has 0 aromatic heterocycles. The van der Waals surface area contributed by atoms with Crippen molar-refractivity contribution in [3.8, 4) is 0 Å². The summed E-state index contributed by atoms with van der Waals surface area (Å²) in [5.41, 5.74) is 3.03. The van der Waals surface area contributed by atoms with Crippen molar-refractivity contribution in [2.75, 3.05) is 0 Å². The Morgan fingerprint density at radius 2 is 1.76 bits per heavy atom. The van der Waals surface area contributed by atoms with Gasteiger partial charge in [-0.2, -0.15) is 0 Å². The number of nitrogens with one attached hydrogen (secondary N) is 1. The van der Waals surface area contributed by atoms with E-state index in [1.807, 2.05) is 18.2 Å². The Kier molecular flexibility index (Phi) is 6.14. The van der Waals surface area contributed by atoms with Crippen LogP contribution in [0.25, 0.3) is 0 Å². The van der Waals surface area contributed by atoms with Crippen LogP contribution in [0.4, 0.5) is 0 Å². The molecule has 34 heavy (non-hydrogen) atoms. The number of ether oxygens (including phenoxy) is 1. The van der Waals surface area contributed by atoms with Crippen LogP contribution in [-0.2, 0) is 14.3 Å². The first-order valence-electron chi connectivity index (χ1n) is 13.5. The first-order valence-corrected chi connectivity index (χ1v) is 13.5. The van der Waals surface area contributed by atoms with Crippen LogP contribution in [0.15, 0.2) is 42.0 Å². The molecule has 4 nitrogen and oxygen atoms in total. The number of amides is 1. The van der Waals surface area contributed by atoms with E-state index in [0.29, 0.717) is 17.8 Å². The van der Waals surface area contributed by atoms with Gasteiger partial charge in [0.05, 0.1) is 6.04 Å². The van der Waals surface area contributed by atoms with E-state index < -0.39 is 0 Å². The van der Waals surface area contributed by atoms with E-state index >= 15 is 0 Å². The fourth-order valence-electron chi connectivity index (χ4n) is 8.57. The maximum atomic E-state index is 13.5. The maximum Gasteiger partial charge on any atom is 0.303 e. The van der Waals surface area contributed by atoms with E-state index in [1.165, 1.54) is 37.3 Å². The molecule has 4 aliphatic carbocycles. The molecule has 0 bridgehead atoms. The lowest BCUT2D eigenvalue weighted by molar-refractivity contribution is -0.146. The number of carbonyl (C=O) groups excluding carboxylic acids is 2. The summed E-state index contributed by atoms with van der Waals surface area (Å²) in [6, 6.07) is 10.3. The molecular weight excluding hydrogens is 422 g/mol. The van der Waals surface area contributed by atoms with Gasteiger partial charge in [0.25, 0.3) is 0 Å². The zero-order chi connectivity index (χ0) is 24.1.